The molecule has 0 radical (unpaired) electrons. The number of thiophene rings is 1. The Morgan fingerprint density at radius 2 is 1.76 bits per heavy atom. The zero-order valence-electron chi connectivity index (χ0n) is 17.7. The first kappa shape index (κ1) is 22.8. The maximum Gasteiger partial charge on any atom is 0.326 e. The molecule has 168 valence electrons. The number of halogens is 1. The Balaban J connectivity index is 1.59. The number of carbonyl (C=O) groups excluding carboxylic acids is 1. The third-order valence-electron chi connectivity index (χ3n) is 4.94. The summed E-state index contributed by atoms with van der Waals surface area (Å²) in [5.74, 6) is -0.433. The molecule has 0 fully saturated rings. The Labute approximate surface area is 200 Å². The topological polar surface area (TPSA) is 73.2 Å². The normalized spacial score (nSPS) is 10.7. The van der Waals surface area contributed by atoms with Gasteiger partial charge in [0.2, 0.25) is 0 Å². The van der Waals surface area contributed by atoms with Crippen LogP contribution in [0.3, 0.4) is 0 Å². The molecule has 2 aromatic carbocycles. The van der Waals surface area contributed by atoms with Gasteiger partial charge < -0.3 is 10.1 Å². The van der Waals surface area contributed by atoms with Gasteiger partial charge in [-0.25, -0.2) is 4.98 Å². The zero-order chi connectivity index (χ0) is 23.0. The smallest absolute Gasteiger partial charge is 0.326 e. The summed E-state index contributed by atoms with van der Waals surface area (Å²) in [6.45, 7) is 0.361. The maximum atomic E-state index is 13.3. The van der Waals surface area contributed by atoms with Crippen LogP contribution in [-0.4, -0.2) is 22.1 Å². The molecule has 6 nitrogen and oxygen atoms in total. The van der Waals surface area contributed by atoms with Gasteiger partial charge in [0.25, 0.3) is 5.56 Å². The number of nitrogens with zero attached hydrogens (tertiary/aromatic N) is 2. The average Bonchev–Trinajstić information content (AvgIpc) is 3.35. The zero-order valence-corrected chi connectivity index (χ0v) is 19.3. The van der Waals surface area contributed by atoms with Crippen molar-refractivity contribution in [2.75, 3.05) is 11.9 Å². The number of hydrogen-bond acceptors (Lipinski definition) is 6. The van der Waals surface area contributed by atoms with Gasteiger partial charge in [-0.3, -0.25) is 14.2 Å². The molecule has 2 aromatic heterocycles. The number of anilines is 1. The Hall–Kier alpha value is -3.42. The third-order valence-corrected chi connectivity index (χ3v) is 6.14. The van der Waals surface area contributed by atoms with Crippen LogP contribution in [0.15, 0.2) is 83.0 Å². The summed E-state index contributed by atoms with van der Waals surface area (Å²) in [6.07, 6.45) is 0.746. The van der Waals surface area contributed by atoms with E-state index < -0.39 is 11.5 Å². The number of esters is 1. The minimum absolute atomic E-state index is 0.104. The first-order valence-electron chi connectivity index (χ1n) is 10.4. The summed E-state index contributed by atoms with van der Waals surface area (Å²) < 4.78 is 6.73. The Morgan fingerprint density at radius 3 is 2.45 bits per heavy atom. The minimum Gasteiger partial charge on any atom is -0.459 e. The number of aromatic nitrogens is 2. The molecule has 0 unspecified atom stereocenters. The van der Waals surface area contributed by atoms with Crippen molar-refractivity contribution in [3.63, 3.8) is 0 Å². The summed E-state index contributed by atoms with van der Waals surface area (Å²) >= 11 is 8.16. The molecule has 0 saturated carbocycles. The summed E-state index contributed by atoms with van der Waals surface area (Å²) in [5, 5.41) is 5.21. The van der Waals surface area contributed by atoms with Gasteiger partial charge in [0, 0.05) is 17.0 Å². The molecule has 4 aromatic rings. The highest BCUT2D eigenvalue weighted by atomic mass is 35.5. The summed E-state index contributed by atoms with van der Waals surface area (Å²) in [4.78, 5) is 31.4. The first-order chi connectivity index (χ1) is 16.1. The van der Waals surface area contributed by atoms with Gasteiger partial charge in [-0.1, -0.05) is 78.3 Å². The molecule has 0 saturated heterocycles. The van der Waals surface area contributed by atoms with Gasteiger partial charge >= 0.3 is 5.97 Å². The number of nitrogens with one attached hydrogen (secondary N) is 1. The lowest BCUT2D eigenvalue weighted by Gasteiger charge is -2.16. The van der Waals surface area contributed by atoms with Gasteiger partial charge in [0.15, 0.2) is 11.0 Å². The molecule has 0 spiro atoms. The van der Waals surface area contributed by atoms with Crippen molar-refractivity contribution >= 4 is 34.7 Å². The van der Waals surface area contributed by atoms with E-state index in [0.717, 1.165) is 12.0 Å². The predicted octanol–water partition coefficient (Wildman–Crippen LogP) is 5.02. The lowest BCUT2D eigenvalue weighted by molar-refractivity contribution is -0.145. The number of benzene rings is 2. The molecule has 4 rings (SSSR count). The Bertz CT molecular complexity index is 1260. The third kappa shape index (κ3) is 5.88. The second kappa shape index (κ2) is 10.9. The van der Waals surface area contributed by atoms with Crippen LogP contribution < -0.4 is 10.9 Å². The van der Waals surface area contributed by atoms with Crippen molar-refractivity contribution in [1.82, 2.24) is 9.55 Å². The second-order valence-corrected chi connectivity index (χ2v) is 8.65. The SMILES string of the molecule is O=C(Cn1c(-c2ccccc2)c(Cl)nc(NCCc2cccs2)c1=O)OCc1ccccc1. The van der Waals surface area contributed by atoms with Crippen LogP contribution in [0, 0.1) is 0 Å². The maximum absolute atomic E-state index is 13.3. The summed E-state index contributed by atoms with van der Waals surface area (Å²) in [6, 6.07) is 22.6. The van der Waals surface area contributed by atoms with Crippen LogP contribution in [0.5, 0.6) is 0 Å². The molecular formula is C25H22ClN3O3S. The van der Waals surface area contributed by atoms with Crippen LogP contribution in [0.25, 0.3) is 11.3 Å². The fraction of sp³-hybridized carbons (Fsp3) is 0.160. The van der Waals surface area contributed by atoms with Crippen LogP contribution in [0.1, 0.15) is 10.4 Å². The van der Waals surface area contributed by atoms with E-state index in [1.165, 1.54) is 9.44 Å². The monoisotopic (exact) mass is 479 g/mol. The molecule has 1 N–H and O–H groups in total. The van der Waals surface area contributed by atoms with Crippen molar-refractivity contribution in [3.05, 3.63) is 104 Å². The highest BCUT2D eigenvalue weighted by Crippen LogP contribution is 2.26. The fourth-order valence-electron chi connectivity index (χ4n) is 3.35. The number of carbonyl (C=O) groups is 1. The number of rotatable bonds is 9. The Morgan fingerprint density at radius 1 is 1.03 bits per heavy atom. The molecule has 0 amide bonds. The number of hydrogen-bond donors (Lipinski definition) is 1. The first-order valence-corrected chi connectivity index (χ1v) is 11.7. The van der Waals surface area contributed by atoms with E-state index >= 15 is 0 Å². The molecular weight excluding hydrogens is 458 g/mol. The van der Waals surface area contributed by atoms with E-state index in [1.807, 2.05) is 78.2 Å². The van der Waals surface area contributed by atoms with E-state index in [0.29, 0.717) is 17.8 Å². The average molecular weight is 480 g/mol. The van der Waals surface area contributed by atoms with E-state index in [2.05, 4.69) is 10.3 Å². The molecule has 0 aliphatic carbocycles. The van der Waals surface area contributed by atoms with Gasteiger partial charge in [0.05, 0.1) is 5.69 Å². The van der Waals surface area contributed by atoms with Gasteiger partial charge in [-0.2, -0.15) is 0 Å². The highest BCUT2D eigenvalue weighted by molar-refractivity contribution is 7.09. The molecule has 0 aliphatic heterocycles. The second-order valence-electron chi connectivity index (χ2n) is 7.26. The molecule has 8 heteroatoms. The van der Waals surface area contributed by atoms with Crippen LogP contribution in [0.4, 0.5) is 5.82 Å². The van der Waals surface area contributed by atoms with Gasteiger partial charge in [0.1, 0.15) is 13.2 Å². The van der Waals surface area contributed by atoms with Crippen molar-refractivity contribution in [1.29, 1.82) is 0 Å². The number of ether oxygens (including phenoxy) is 1. The molecule has 0 bridgehead atoms. The van der Waals surface area contributed by atoms with Crippen LogP contribution in [0.2, 0.25) is 5.15 Å². The Kier molecular flexibility index (Phi) is 7.55. The molecule has 0 aliphatic rings. The van der Waals surface area contributed by atoms with Crippen molar-refractivity contribution < 1.29 is 9.53 Å². The fourth-order valence-corrected chi connectivity index (χ4v) is 4.35. The summed E-state index contributed by atoms with van der Waals surface area (Å²) in [7, 11) is 0. The molecule has 33 heavy (non-hydrogen) atoms. The van der Waals surface area contributed by atoms with E-state index in [-0.39, 0.29) is 24.1 Å². The van der Waals surface area contributed by atoms with E-state index in [9.17, 15) is 9.59 Å². The van der Waals surface area contributed by atoms with E-state index in [1.54, 1.807) is 11.3 Å². The minimum atomic E-state index is -0.537. The van der Waals surface area contributed by atoms with Gasteiger partial charge in [-0.15, -0.1) is 11.3 Å². The predicted molar refractivity (Wildman–Crippen MR) is 132 cm³/mol. The van der Waals surface area contributed by atoms with Crippen LogP contribution >= 0.6 is 22.9 Å². The van der Waals surface area contributed by atoms with E-state index in [4.69, 9.17) is 16.3 Å². The highest BCUT2D eigenvalue weighted by Gasteiger charge is 2.19. The van der Waals surface area contributed by atoms with Crippen molar-refractivity contribution in [3.8, 4) is 11.3 Å². The van der Waals surface area contributed by atoms with Crippen molar-refractivity contribution in [2.24, 2.45) is 0 Å². The van der Waals surface area contributed by atoms with Gasteiger partial charge in [-0.05, 0) is 23.4 Å². The van der Waals surface area contributed by atoms with Crippen molar-refractivity contribution in [2.45, 2.75) is 19.6 Å². The quantitative estimate of drug-likeness (QED) is 0.341. The standard InChI is InChI=1S/C25H22ClN3O3S/c26-23-22(19-10-5-2-6-11-19)29(16-21(30)32-17-18-8-3-1-4-9-18)25(31)24(28-23)27-14-13-20-12-7-15-33-20/h1-12,15H,13-14,16-17H2,(H,27,28). The largest absolute Gasteiger partial charge is 0.459 e. The lowest BCUT2D eigenvalue weighted by Crippen LogP contribution is -2.30. The lowest BCUT2D eigenvalue weighted by atomic mass is 10.1. The molecule has 2 heterocycles. The van der Waals surface area contributed by atoms with Crippen LogP contribution in [-0.2, 0) is 29.1 Å². The summed E-state index contributed by atoms with van der Waals surface area (Å²) in [5.41, 5.74) is 1.50. The molecule has 0 atom stereocenters.